The van der Waals surface area contributed by atoms with Crippen LogP contribution in [0.2, 0.25) is 0 Å². The summed E-state index contributed by atoms with van der Waals surface area (Å²) >= 11 is 0. The van der Waals surface area contributed by atoms with Gasteiger partial charge in [0, 0.05) is 19.3 Å². The van der Waals surface area contributed by atoms with Crippen molar-refractivity contribution in [2.75, 3.05) is 26.0 Å². The molecule has 4 N–H and O–H groups in total. The maximum absolute atomic E-state index is 11.1. The second-order valence-electron chi connectivity index (χ2n) is 3.42. The van der Waals surface area contributed by atoms with Gasteiger partial charge in [-0.05, 0) is 17.7 Å². The molecule has 1 aromatic carbocycles. The minimum atomic E-state index is -0.735. The summed E-state index contributed by atoms with van der Waals surface area (Å²) in [4.78, 5) is 11.1. The van der Waals surface area contributed by atoms with E-state index in [1.165, 1.54) is 7.11 Å². The number of carbonyl (C=O) groups excluding carboxylic acids is 1. The second kappa shape index (κ2) is 6.09. The standard InChI is InChI=1S/C11H16N2O3/c1-16-7-11(15)13-6-10(14)8-2-4-9(12)5-3-8/h2-5,10,14H,6-7,12H2,1H3,(H,13,15). The molecular weight excluding hydrogens is 208 g/mol. The first-order valence-electron chi connectivity index (χ1n) is 4.92. The van der Waals surface area contributed by atoms with Gasteiger partial charge in [0.1, 0.15) is 6.61 Å². The first-order valence-corrected chi connectivity index (χ1v) is 4.92. The van der Waals surface area contributed by atoms with Crippen molar-refractivity contribution in [2.45, 2.75) is 6.10 Å². The Morgan fingerprint density at radius 3 is 2.69 bits per heavy atom. The van der Waals surface area contributed by atoms with E-state index < -0.39 is 6.10 Å². The van der Waals surface area contributed by atoms with E-state index in [0.717, 1.165) is 0 Å². The fourth-order valence-electron chi connectivity index (χ4n) is 1.23. The number of benzene rings is 1. The van der Waals surface area contributed by atoms with Crippen LogP contribution in [-0.4, -0.2) is 31.3 Å². The number of methoxy groups -OCH3 is 1. The van der Waals surface area contributed by atoms with Crippen molar-refractivity contribution in [3.63, 3.8) is 0 Å². The summed E-state index contributed by atoms with van der Waals surface area (Å²) < 4.78 is 4.65. The molecule has 0 fully saturated rings. The van der Waals surface area contributed by atoms with Crippen molar-refractivity contribution < 1.29 is 14.6 Å². The number of hydrogen-bond acceptors (Lipinski definition) is 4. The quantitative estimate of drug-likeness (QED) is 0.618. The lowest BCUT2D eigenvalue weighted by molar-refractivity contribution is -0.125. The molecule has 1 unspecified atom stereocenters. The van der Waals surface area contributed by atoms with Gasteiger partial charge in [-0.3, -0.25) is 4.79 Å². The summed E-state index contributed by atoms with van der Waals surface area (Å²) in [6.45, 7) is 0.153. The van der Waals surface area contributed by atoms with Crippen LogP contribution in [0.1, 0.15) is 11.7 Å². The van der Waals surface area contributed by atoms with Gasteiger partial charge in [-0.25, -0.2) is 0 Å². The maximum atomic E-state index is 11.1. The Morgan fingerprint density at radius 1 is 1.50 bits per heavy atom. The van der Waals surface area contributed by atoms with E-state index in [1.54, 1.807) is 24.3 Å². The molecule has 5 heteroatoms. The molecule has 0 aromatic heterocycles. The summed E-state index contributed by atoms with van der Waals surface area (Å²) in [5.74, 6) is -0.253. The van der Waals surface area contributed by atoms with E-state index in [9.17, 15) is 9.90 Å². The van der Waals surface area contributed by atoms with E-state index in [-0.39, 0.29) is 19.1 Å². The van der Waals surface area contributed by atoms with Gasteiger partial charge in [-0.1, -0.05) is 12.1 Å². The number of hydrogen-bond donors (Lipinski definition) is 3. The topological polar surface area (TPSA) is 84.6 Å². The molecule has 1 rings (SSSR count). The predicted octanol–water partition coefficient (Wildman–Crippen LogP) is 0.0648. The molecule has 0 aliphatic heterocycles. The van der Waals surface area contributed by atoms with Gasteiger partial charge >= 0.3 is 0 Å². The predicted molar refractivity (Wildman–Crippen MR) is 60.7 cm³/mol. The highest BCUT2D eigenvalue weighted by Gasteiger charge is 2.08. The van der Waals surface area contributed by atoms with E-state index in [1.807, 2.05) is 0 Å². The van der Waals surface area contributed by atoms with Crippen molar-refractivity contribution in [1.29, 1.82) is 0 Å². The Balaban J connectivity index is 2.43. The number of aliphatic hydroxyl groups is 1. The Hall–Kier alpha value is -1.59. The van der Waals surface area contributed by atoms with Crippen molar-refractivity contribution in [3.05, 3.63) is 29.8 Å². The second-order valence-corrected chi connectivity index (χ2v) is 3.42. The van der Waals surface area contributed by atoms with Crippen LogP contribution in [0.4, 0.5) is 5.69 Å². The molecule has 0 aliphatic carbocycles. The summed E-state index contributed by atoms with van der Waals surface area (Å²) in [5.41, 5.74) is 6.87. The van der Waals surface area contributed by atoms with Crippen LogP contribution >= 0.6 is 0 Å². The zero-order valence-corrected chi connectivity index (χ0v) is 9.14. The molecule has 1 aromatic rings. The van der Waals surface area contributed by atoms with Crippen molar-refractivity contribution in [1.82, 2.24) is 5.32 Å². The molecule has 0 spiro atoms. The number of aliphatic hydroxyl groups excluding tert-OH is 1. The van der Waals surface area contributed by atoms with Crippen LogP contribution in [-0.2, 0) is 9.53 Å². The highest BCUT2D eigenvalue weighted by molar-refractivity contribution is 5.77. The van der Waals surface area contributed by atoms with E-state index >= 15 is 0 Å². The molecule has 1 amide bonds. The Kier molecular flexibility index (Phi) is 4.75. The lowest BCUT2D eigenvalue weighted by Gasteiger charge is -2.12. The number of rotatable bonds is 5. The summed E-state index contributed by atoms with van der Waals surface area (Å²) in [6, 6.07) is 6.86. The lowest BCUT2D eigenvalue weighted by atomic mass is 10.1. The number of ether oxygens (including phenoxy) is 1. The fourth-order valence-corrected chi connectivity index (χ4v) is 1.23. The molecule has 0 saturated carbocycles. The highest BCUT2D eigenvalue weighted by Crippen LogP contribution is 2.13. The normalized spacial score (nSPS) is 12.1. The first-order chi connectivity index (χ1) is 7.63. The maximum Gasteiger partial charge on any atom is 0.246 e. The first kappa shape index (κ1) is 12.5. The minimum absolute atomic E-state index is 0.00550. The molecule has 1 atom stereocenters. The van der Waals surface area contributed by atoms with Gasteiger partial charge in [0.2, 0.25) is 5.91 Å². The summed E-state index contributed by atoms with van der Waals surface area (Å²) in [7, 11) is 1.44. The van der Waals surface area contributed by atoms with E-state index in [0.29, 0.717) is 11.3 Å². The molecule has 0 heterocycles. The van der Waals surface area contributed by atoms with Crippen molar-refractivity contribution in [3.8, 4) is 0 Å². The van der Waals surface area contributed by atoms with Gasteiger partial charge in [0.25, 0.3) is 0 Å². The van der Waals surface area contributed by atoms with Crippen LogP contribution in [0, 0.1) is 0 Å². The number of nitrogen functional groups attached to an aromatic ring is 1. The number of nitrogens with two attached hydrogens (primary N) is 1. The summed E-state index contributed by atoms with van der Waals surface area (Å²) in [5, 5.41) is 12.3. The lowest BCUT2D eigenvalue weighted by Crippen LogP contribution is -2.31. The number of anilines is 1. The number of carbonyl (C=O) groups is 1. The third-order valence-corrected chi connectivity index (χ3v) is 2.09. The molecular formula is C11H16N2O3. The third-order valence-electron chi connectivity index (χ3n) is 2.09. The molecule has 5 nitrogen and oxygen atoms in total. The van der Waals surface area contributed by atoms with Gasteiger partial charge in [-0.15, -0.1) is 0 Å². The number of nitrogens with one attached hydrogen (secondary N) is 1. The SMILES string of the molecule is COCC(=O)NCC(O)c1ccc(N)cc1. The molecule has 16 heavy (non-hydrogen) atoms. The van der Waals surface area contributed by atoms with Crippen LogP contribution in [0.3, 0.4) is 0 Å². The smallest absolute Gasteiger partial charge is 0.246 e. The molecule has 0 bridgehead atoms. The van der Waals surface area contributed by atoms with E-state index in [2.05, 4.69) is 10.1 Å². The highest BCUT2D eigenvalue weighted by atomic mass is 16.5. The Labute approximate surface area is 94.2 Å². The van der Waals surface area contributed by atoms with Crippen LogP contribution in [0.5, 0.6) is 0 Å². The Bertz CT molecular complexity index is 338. The third kappa shape index (κ3) is 3.88. The van der Waals surface area contributed by atoms with Gasteiger partial charge < -0.3 is 20.9 Å². The van der Waals surface area contributed by atoms with Crippen LogP contribution in [0.15, 0.2) is 24.3 Å². The molecule has 88 valence electrons. The van der Waals surface area contributed by atoms with Gasteiger partial charge in [0.15, 0.2) is 0 Å². The largest absolute Gasteiger partial charge is 0.399 e. The average Bonchev–Trinajstić information content (AvgIpc) is 2.27. The van der Waals surface area contributed by atoms with Gasteiger partial charge in [-0.2, -0.15) is 0 Å². The van der Waals surface area contributed by atoms with Crippen LogP contribution < -0.4 is 11.1 Å². The Morgan fingerprint density at radius 2 is 2.12 bits per heavy atom. The van der Waals surface area contributed by atoms with Crippen LogP contribution in [0.25, 0.3) is 0 Å². The zero-order valence-electron chi connectivity index (χ0n) is 9.14. The monoisotopic (exact) mass is 224 g/mol. The van der Waals surface area contributed by atoms with Gasteiger partial charge in [0.05, 0.1) is 6.10 Å². The molecule has 0 radical (unpaired) electrons. The fraction of sp³-hybridized carbons (Fsp3) is 0.364. The van der Waals surface area contributed by atoms with Crippen molar-refractivity contribution in [2.24, 2.45) is 0 Å². The summed E-state index contributed by atoms with van der Waals surface area (Å²) in [6.07, 6.45) is -0.735. The average molecular weight is 224 g/mol. The minimum Gasteiger partial charge on any atom is -0.399 e. The van der Waals surface area contributed by atoms with E-state index in [4.69, 9.17) is 5.73 Å². The van der Waals surface area contributed by atoms with Crippen molar-refractivity contribution >= 4 is 11.6 Å². The zero-order chi connectivity index (χ0) is 12.0. The number of amides is 1. The molecule has 0 aliphatic rings. The molecule has 0 saturated heterocycles.